The highest BCUT2D eigenvalue weighted by atomic mass is 16.6. The summed E-state index contributed by atoms with van der Waals surface area (Å²) in [7, 11) is 2.46. The SMILES string of the molecule is CCOc1ccc(C(O)C(CO)OC(=O)C(=O)OC)cc1OC. The van der Waals surface area contributed by atoms with Crippen molar-refractivity contribution in [1.29, 1.82) is 0 Å². The van der Waals surface area contributed by atoms with Crippen molar-refractivity contribution in [1.82, 2.24) is 0 Å². The van der Waals surface area contributed by atoms with Gasteiger partial charge in [-0.3, -0.25) is 0 Å². The molecule has 23 heavy (non-hydrogen) atoms. The molecule has 2 atom stereocenters. The molecule has 1 aromatic rings. The first-order valence-corrected chi connectivity index (χ1v) is 6.87. The maximum Gasteiger partial charge on any atom is 0.417 e. The zero-order valence-electron chi connectivity index (χ0n) is 13.1. The van der Waals surface area contributed by atoms with Gasteiger partial charge in [0.1, 0.15) is 6.10 Å². The standard InChI is InChI=1S/C15H20O8/c1-4-22-10-6-5-9(7-11(10)20-2)13(17)12(8-16)23-15(19)14(18)21-3/h5-7,12-13,16-17H,4,8H2,1-3H3. The Morgan fingerprint density at radius 1 is 1.17 bits per heavy atom. The van der Waals surface area contributed by atoms with Crippen LogP contribution in [0.3, 0.4) is 0 Å². The summed E-state index contributed by atoms with van der Waals surface area (Å²) in [5.74, 6) is -1.67. The van der Waals surface area contributed by atoms with E-state index in [1.165, 1.54) is 19.2 Å². The molecule has 0 aromatic heterocycles. The van der Waals surface area contributed by atoms with Gasteiger partial charge in [-0.15, -0.1) is 0 Å². The normalized spacial score (nSPS) is 12.9. The number of esters is 2. The summed E-state index contributed by atoms with van der Waals surface area (Å²) in [6.07, 6.45) is -2.69. The number of carbonyl (C=O) groups excluding carboxylic acids is 2. The van der Waals surface area contributed by atoms with Crippen molar-refractivity contribution in [3.05, 3.63) is 23.8 Å². The molecule has 2 unspecified atom stereocenters. The molecule has 8 heteroatoms. The van der Waals surface area contributed by atoms with Crippen LogP contribution in [0.1, 0.15) is 18.6 Å². The number of benzene rings is 1. The Labute approximate surface area is 133 Å². The monoisotopic (exact) mass is 328 g/mol. The summed E-state index contributed by atoms with van der Waals surface area (Å²) >= 11 is 0. The molecule has 0 spiro atoms. The first-order valence-electron chi connectivity index (χ1n) is 6.87. The highest BCUT2D eigenvalue weighted by Gasteiger charge is 2.28. The molecule has 0 heterocycles. The summed E-state index contributed by atoms with van der Waals surface area (Å²) in [5.41, 5.74) is 0.321. The summed E-state index contributed by atoms with van der Waals surface area (Å²) in [5, 5.41) is 19.5. The van der Waals surface area contributed by atoms with Crippen LogP contribution in [0.4, 0.5) is 0 Å². The molecule has 0 aliphatic carbocycles. The molecule has 0 saturated carbocycles. The highest BCUT2D eigenvalue weighted by Crippen LogP contribution is 2.31. The third-order valence-corrected chi connectivity index (χ3v) is 2.97. The fourth-order valence-corrected chi connectivity index (χ4v) is 1.83. The Bertz CT molecular complexity index is 542. The molecule has 0 radical (unpaired) electrons. The van der Waals surface area contributed by atoms with Gasteiger partial charge in [0.2, 0.25) is 0 Å². The molecule has 1 rings (SSSR count). The second-order valence-corrected chi connectivity index (χ2v) is 4.41. The summed E-state index contributed by atoms with van der Waals surface area (Å²) in [4.78, 5) is 22.4. The molecular formula is C15H20O8. The maximum atomic E-state index is 11.4. The van der Waals surface area contributed by atoms with E-state index in [2.05, 4.69) is 4.74 Å². The highest BCUT2D eigenvalue weighted by molar-refractivity contribution is 6.29. The van der Waals surface area contributed by atoms with Gasteiger partial charge < -0.3 is 29.2 Å². The Kier molecular flexibility index (Phi) is 7.30. The molecule has 1 aromatic carbocycles. The van der Waals surface area contributed by atoms with Crippen molar-refractivity contribution in [2.45, 2.75) is 19.1 Å². The van der Waals surface area contributed by atoms with Gasteiger partial charge in [0.05, 0.1) is 27.4 Å². The van der Waals surface area contributed by atoms with Crippen LogP contribution in [-0.2, 0) is 19.1 Å². The van der Waals surface area contributed by atoms with Crippen LogP contribution < -0.4 is 9.47 Å². The molecule has 0 amide bonds. The van der Waals surface area contributed by atoms with E-state index in [1.54, 1.807) is 6.07 Å². The number of ether oxygens (including phenoxy) is 4. The summed E-state index contributed by atoms with van der Waals surface area (Å²) < 4.78 is 19.5. The van der Waals surface area contributed by atoms with E-state index in [9.17, 15) is 19.8 Å². The van der Waals surface area contributed by atoms with Crippen molar-refractivity contribution in [3.63, 3.8) is 0 Å². The number of methoxy groups -OCH3 is 2. The van der Waals surface area contributed by atoms with Crippen molar-refractivity contribution < 1.29 is 38.7 Å². The maximum absolute atomic E-state index is 11.4. The first-order chi connectivity index (χ1) is 11.0. The van der Waals surface area contributed by atoms with Gasteiger partial charge in [0.25, 0.3) is 0 Å². The van der Waals surface area contributed by atoms with Gasteiger partial charge in [0.15, 0.2) is 17.6 Å². The van der Waals surface area contributed by atoms with E-state index in [4.69, 9.17) is 14.2 Å². The van der Waals surface area contributed by atoms with Gasteiger partial charge in [0, 0.05) is 0 Å². The topological polar surface area (TPSA) is 112 Å². The van der Waals surface area contributed by atoms with E-state index < -0.39 is 30.8 Å². The van der Waals surface area contributed by atoms with Crippen molar-refractivity contribution in [2.24, 2.45) is 0 Å². The first kappa shape index (κ1) is 18.7. The van der Waals surface area contributed by atoms with E-state index in [1.807, 2.05) is 6.92 Å². The fourth-order valence-electron chi connectivity index (χ4n) is 1.83. The summed E-state index contributed by atoms with van der Waals surface area (Å²) in [6, 6.07) is 4.61. The average molecular weight is 328 g/mol. The third-order valence-electron chi connectivity index (χ3n) is 2.97. The van der Waals surface area contributed by atoms with Crippen LogP contribution in [0, 0.1) is 0 Å². The van der Waals surface area contributed by atoms with E-state index >= 15 is 0 Å². The Morgan fingerprint density at radius 2 is 1.87 bits per heavy atom. The zero-order chi connectivity index (χ0) is 17.4. The van der Waals surface area contributed by atoms with Gasteiger partial charge in [-0.05, 0) is 24.6 Å². The second kappa shape index (κ2) is 8.96. The number of hydrogen-bond acceptors (Lipinski definition) is 8. The Morgan fingerprint density at radius 3 is 2.39 bits per heavy atom. The van der Waals surface area contributed by atoms with Gasteiger partial charge in [-0.1, -0.05) is 6.07 Å². The van der Waals surface area contributed by atoms with Crippen LogP contribution >= 0.6 is 0 Å². The smallest absolute Gasteiger partial charge is 0.417 e. The molecule has 0 saturated heterocycles. The molecule has 0 aliphatic heterocycles. The number of aliphatic hydroxyl groups excluding tert-OH is 2. The quantitative estimate of drug-likeness (QED) is 0.539. The van der Waals surface area contributed by atoms with Crippen molar-refractivity contribution in [3.8, 4) is 11.5 Å². The molecule has 2 N–H and O–H groups in total. The number of rotatable bonds is 7. The van der Waals surface area contributed by atoms with Crippen molar-refractivity contribution >= 4 is 11.9 Å². The Balaban J connectivity index is 2.94. The molecule has 0 aliphatic rings. The largest absolute Gasteiger partial charge is 0.493 e. The average Bonchev–Trinajstić information content (AvgIpc) is 2.58. The number of hydrogen-bond donors (Lipinski definition) is 2. The second-order valence-electron chi connectivity index (χ2n) is 4.41. The van der Waals surface area contributed by atoms with E-state index in [0.717, 1.165) is 7.11 Å². The predicted molar refractivity (Wildman–Crippen MR) is 78.1 cm³/mol. The van der Waals surface area contributed by atoms with Crippen molar-refractivity contribution in [2.75, 3.05) is 27.4 Å². The molecule has 0 fully saturated rings. The van der Waals surface area contributed by atoms with Crippen LogP contribution in [0.15, 0.2) is 18.2 Å². The number of aliphatic hydroxyl groups is 2. The molecular weight excluding hydrogens is 308 g/mol. The lowest BCUT2D eigenvalue weighted by Crippen LogP contribution is -2.32. The van der Waals surface area contributed by atoms with Gasteiger partial charge >= 0.3 is 11.9 Å². The van der Waals surface area contributed by atoms with E-state index in [-0.39, 0.29) is 0 Å². The van der Waals surface area contributed by atoms with Crippen LogP contribution in [-0.4, -0.2) is 55.7 Å². The lowest BCUT2D eigenvalue weighted by molar-refractivity contribution is -0.174. The fraction of sp³-hybridized carbons (Fsp3) is 0.467. The van der Waals surface area contributed by atoms with Gasteiger partial charge in [-0.2, -0.15) is 0 Å². The summed E-state index contributed by atoms with van der Waals surface area (Å²) in [6.45, 7) is 1.57. The van der Waals surface area contributed by atoms with Crippen LogP contribution in [0.25, 0.3) is 0 Å². The minimum atomic E-state index is -1.36. The molecule has 8 nitrogen and oxygen atoms in total. The van der Waals surface area contributed by atoms with E-state index in [0.29, 0.717) is 23.7 Å². The molecule has 128 valence electrons. The Hall–Kier alpha value is -2.32. The lowest BCUT2D eigenvalue weighted by atomic mass is 10.0. The lowest BCUT2D eigenvalue weighted by Gasteiger charge is -2.22. The third kappa shape index (κ3) is 4.83. The predicted octanol–water partition coefficient (Wildman–Crippen LogP) is 0.204. The minimum absolute atomic E-state index is 0.321. The van der Waals surface area contributed by atoms with Gasteiger partial charge in [-0.25, -0.2) is 9.59 Å². The zero-order valence-corrected chi connectivity index (χ0v) is 13.1. The molecule has 0 bridgehead atoms. The number of carbonyl (C=O) groups is 2. The van der Waals surface area contributed by atoms with Crippen LogP contribution in [0.2, 0.25) is 0 Å². The van der Waals surface area contributed by atoms with Crippen LogP contribution in [0.5, 0.6) is 11.5 Å². The minimum Gasteiger partial charge on any atom is -0.493 e.